The maximum Gasteiger partial charge on any atom is 0.0596 e. The van der Waals surface area contributed by atoms with Gasteiger partial charge in [-0.15, -0.1) is 0 Å². The number of rotatable bonds is 0. The molecule has 3 saturated carbocycles. The molecule has 0 saturated heterocycles. The van der Waals surface area contributed by atoms with Crippen molar-refractivity contribution in [2.24, 2.45) is 23.2 Å². The highest BCUT2D eigenvalue weighted by molar-refractivity contribution is 5.03. The van der Waals surface area contributed by atoms with Crippen LogP contribution < -0.4 is 0 Å². The van der Waals surface area contributed by atoms with Crippen molar-refractivity contribution in [2.75, 3.05) is 0 Å². The van der Waals surface area contributed by atoms with Crippen LogP contribution in [0.15, 0.2) is 0 Å². The maximum atomic E-state index is 10.2. The SMILES string of the molecule is C.C[C@]12CC[C@@H]3CCCC[C@H]3[C@@H]1CCC2O. The number of aliphatic hydroxyl groups is 1. The van der Waals surface area contributed by atoms with Crippen LogP contribution in [-0.2, 0) is 0 Å². The lowest BCUT2D eigenvalue weighted by molar-refractivity contribution is -0.0447. The molecule has 1 nitrogen and oxygen atoms in total. The van der Waals surface area contributed by atoms with E-state index in [2.05, 4.69) is 6.92 Å². The molecule has 0 aromatic rings. The van der Waals surface area contributed by atoms with Crippen LogP contribution in [-0.4, -0.2) is 11.2 Å². The van der Waals surface area contributed by atoms with Gasteiger partial charge in [-0.2, -0.15) is 0 Å². The highest BCUT2D eigenvalue weighted by Gasteiger charge is 2.53. The van der Waals surface area contributed by atoms with Crippen molar-refractivity contribution in [3.63, 3.8) is 0 Å². The molecule has 0 aromatic heterocycles. The van der Waals surface area contributed by atoms with Crippen LogP contribution in [0.25, 0.3) is 0 Å². The van der Waals surface area contributed by atoms with Crippen molar-refractivity contribution in [3.05, 3.63) is 0 Å². The Balaban J connectivity index is 0.000000963. The van der Waals surface area contributed by atoms with Gasteiger partial charge in [-0.1, -0.05) is 33.6 Å². The Bertz CT molecular complexity index is 250. The lowest BCUT2D eigenvalue weighted by atomic mass is 9.56. The third-order valence-electron chi connectivity index (χ3n) is 5.90. The summed E-state index contributed by atoms with van der Waals surface area (Å²) in [6, 6.07) is 0. The molecular formula is C15H28O. The predicted molar refractivity (Wildman–Crippen MR) is 68.3 cm³/mol. The van der Waals surface area contributed by atoms with Gasteiger partial charge in [-0.25, -0.2) is 0 Å². The van der Waals surface area contributed by atoms with E-state index in [0.29, 0.717) is 5.41 Å². The van der Waals surface area contributed by atoms with Gasteiger partial charge in [0.15, 0.2) is 0 Å². The molecule has 0 radical (unpaired) electrons. The molecule has 0 spiro atoms. The van der Waals surface area contributed by atoms with E-state index in [9.17, 15) is 5.11 Å². The summed E-state index contributed by atoms with van der Waals surface area (Å²) in [5, 5.41) is 10.2. The summed E-state index contributed by atoms with van der Waals surface area (Å²) < 4.78 is 0. The Morgan fingerprint density at radius 2 is 1.75 bits per heavy atom. The molecule has 1 N–H and O–H groups in total. The van der Waals surface area contributed by atoms with Crippen molar-refractivity contribution in [1.29, 1.82) is 0 Å². The van der Waals surface area contributed by atoms with E-state index in [-0.39, 0.29) is 13.5 Å². The van der Waals surface area contributed by atoms with Gasteiger partial charge < -0.3 is 5.11 Å². The topological polar surface area (TPSA) is 20.2 Å². The first kappa shape index (κ1) is 12.4. The molecule has 94 valence electrons. The smallest absolute Gasteiger partial charge is 0.0596 e. The van der Waals surface area contributed by atoms with Crippen LogP contribution >= 0.6 is 0 Å². The minimum absolute atomic E-state index is 0. The van der Waals surface area contributed by atoms with Gasteiger partial charge in [0.1, 0.15) is 0 Å². The van der Waals surface area contributed by atoms with E-state index in [0.717, 1.165) is 24.2 Å². The van der Waals surface area contributed by atoms with E-state index in [1.165, 1.54) is 44.9 Å². The van der Waals surface area contributed by atoms with Crippen molar-refractivity contribution in [3.8, 4) is 0 Å². The van der Waals surface area contributed by atoms with E-state index < -0.39 is 0 Å². The number of hydrogen-bond donors (Lipinski definition) is 1. The van der Waals surface area contributed by atoms with Gasteiger partial charge in [0.05, 0.1) is 6.10 Å². The van der Waals surface area contributed by atoms with Gasteiger partial charge in [-0.3, -0.25) is 0 Å². The fraction of sp³-hybridized carbons (Fsp3) is 1.00. The van der Waals surface area contributed by atoms with Crippen LogP contribution in [0.5, 0.6) is 0 Å². The minimum atomic E-state index is 0. The van der Waals surface area contributed by atoms with E-state index in [1.54, 1.807) is 0 Å². The third kappa shape index (κ3) is 1.63. The van der Waals surface area contributed by atoms with Crippen molar-refractivity contribution in [2.45, 2.75) is 71.8 Å². The molecule has 0 aromatic carbocycles. The molecule has 16 heavy (non-hydrogen) atoms. The lowest BCUT2D eigenvalue weighted by Gasteiger charge is -2.49. The van der Waals surface area contributed by atoms with E-state index >= 15 is 0 Å². The van der Waals surface area contributed by atoms with Gasteiger partial charge in [0, 0.05) is 0 Å². The molecule has 3 aliphatic carbocycles. The van der Waals surface area contributed by atoms with E-state index in [1.807, 2.05) is 0 Å². The summed E-state index contributed by atoms with van der Waals surface area (Å²) in [6.07, 6.45) is 10.9. The Labute approximate surface area is 101 Å². The van der Waals surface area contributed by atoms with Gasteiger partial charge in [0.25, 0.3) is 0 Å². The Hall–Kier alpha value is -0.0400. The highest BCUT2D eigenvalue weighted by atomic mass is 16.3. The zero-order valence-corrected chi connectivity index (χ0v) is 9.91. The predicted octanol–water partition coefficient (Wildman–Crippen LogP) is 4.00. The standard InChI is InChI=1S/C14H24O.CH4/c1-14-9-8-10-4-2-3-5-11(10)12(14)6-7-13(14)15;/h10-13,15H,2-9H2,1H3;1H4/t10-,11+,12-,13?,14-;/m0./s1. The molecule has 5 atom stereocenters. The summed E-state index contributed by atoms with van der Waals surface area (Å²) in [5.74, 6) is 2.84. The molecular weight excluding hydrogens is 196 g/mol. The monoisotopic (exact) mass is 224 g/mol. The second-order valence-corrected chi connectivity index (χ2v) is 6.45. The fourth-order valence-corrected chi connectivity index (χ4v) is 4.92. The summed E-state index contributed by atoms with van der Waals surface area (Å²) in [7, 11) is 0. The van der Waals surface area contributed by atoms with Crippen LogP contribution in [0.1, 0.15) is 65.7 Å². The summed E-state index contributed by atoms with van der Waals surface area (Å²) in [6.45, 7) is 2.36. The minimum Gasteiger partial charge on any atom is -0.393 e. The number of aliphatic hydroxyl groups excluding tert-OH is 1. The average molecular weight is 224 g/mol. The quantitative estimate of drug-likeness (QED) is 0.659. The van der Waals surface area contributed by atoms with Crippen molar-refractivity contribution >= 4 is 0 Å². The Morgan fingerprint density at radius 3 is 2.56 bits per heavy atom. The summed E-state index contributed by atoms with van der Waals surface area (Å²) in [4.78, 5) is 0. The molecule has 3 rings (SSSR count). The lowest BCUT2D eigenvalue weighted by Crippen LogP contribution is -2.44. The van der Waals surface area contributed by atoms with Crippen molar-refractivity contribution < 1.29 is 5.11 Å². The van der Waals surface area contributed by atoms with Crippen LogP contribution in [0.2, 0.25) is 0 Å². The molecule has 3 fully saturated rings. The Kier molecular flexibility index (Phi) is 3.36. The molecule has 0 bridgehead atoms. The number of fused-ring (bicyclic) bond motifs is 3. The second-order valence-electron chi connectivity index (χ2n) is 6.45. The van der Waals surface area contributed by atoms with Crippen molar-refractivity contribution in [1.82, 2.24) is 0 Å². The number of hydrogen-bond acceptors (Lipinski definition) is 1. The first-order chi connectivity index (χ1) is 7.22. The van der Waals surface area contributed by atoms with Gasteiger partial charge in [0.2, 0.25) is 0 Å². The summed E-state index contributed by atoms with van der Waals surface area (Å²) >= 11 is 0. The molecule has 1 heteroatoms. The van der Waals surface area contributed by atoms with E-state index in [4.69, 9.17) is 0 Å². The molecule has 1 unspecified atom stereocenters. The normalized spacial score (nSPS) is 51.4. The fourth-order valence-electron chi connectivity index (χ4n) is 4.92. The first-order valence-corrected chi connectivity index (χ1v) is 6.90. The molecule has 0 aliphatic heterocycles. The average Bonchev–Trinajstić information content (AvgIpc) is 2.56. The van der Waals surface area contributed by atoms with Crippen LogP contribution in [0, 0.1) is 23.2 Å². The van der Waals surface area contributed by atoms with Gasteiger partial charge >= 0.3 is 0 Å². The van der Waals surface area contributed by atoms with Gasteiger partial charge in [-0.05, 0) is 55.3 Å². The zero-order chi connectivity index (χ0) is 10.5. The third-order valence-corrected chi connectivity index (χ3v) is 5.90. The molecule has 0 amide bonds. The zero-order valence-electron chi connectivity index (χ0n) is 9.91. The molecule has 0 heterocycles. The highest BCUT2D eigenvalue weighted by Crippen LogP contribution is 2.58. The Morgan fingerprint density at radius 1 is 1.00 bits per heavy atom. The van der Waals surface area contributed by atoms with Crippen LogP contribution in [0.4, 0.5) is 0 Å². The largest absolute Gasteiger partial charge is 0.393 e. The molecule has 3 aliphatic rings. The second kappa shape index (κ2) is 4.33. The maximum absolute atomic E-state index is 10.2. The summed E-state index contributed by atoms with van der Waals surface area (Å²) in [5.41, 5.74) is 0.290. The van der Waals surface area contributed by atoms with Crippen LogP contribution in [0.3, 0.4) is 0 Å². The first-order valence-electron chi connectivity index (χ1n) is 6.90.